The van der Waals surface area contributed by atoms with Crippen molar-refractivity contribution in [3.8, 4) is 5.75 Å². The van der Waals surface area contributed by atoms with Gasteiger partial charge in [-0.25, -0.2) is 0 Å². The van der Waals surface area contributed by atoms with Crippen LogP contribution in [-0.4, -0.2) is 50.5 Å². The number of piperidine rings is 1. The highest BCUT2D eigenvalue weighted by Gasteiger charge is 2.57. The Kier molecular flexibility index (Phi) is 4.76. The largest absolute Gasteiger partial charge is 0.484 e. The van der Waals surface area contributed by atoms with Crippen molar-refractivity contribution in [3.05, 3.63) is 24.3 Å². The monoisotopic (exact) mass is 331 g/mol. The molecule has 0 aromatic heterocycles. The van der Waals surface area contributed by atoms with Crippen molar-refractivity contribution < 1.29 is 14.3 Å². The molecule has 2 amide bonds. The topological polar surface area (TPSA) is 70.7 Å². The molecule has 1 spiro atoms. The average molecular weight is 331 g/mol. The standard InChI is InChI=1S/C18H25N3O3/c1-21(2)16(22)12-24-14-5-3-4-13(10-14)20-17(23)15-11-18(15)6-8-19-9-7-18/h3-5,10,15,19H,6-9,11-12H2,1-2H3,(H,20,23). The number of hydrogen-bond acceptors (Lipinski definition) is 4. The second kappa shape index (κ2) is 6.81. The molecule has 6 nitrogen and oxygen atoms in total. The summed E-state index contributed by atoms with van der Waals surface area (Å²) in [6.07, 6.45) is 3.16. The van der Waals surface area contributed by atoms with E-state index in [9.17, 15) is 9.59 Å². The van der Waals surface area contributed by atoms with Crippen LogP contribution in [0.1, 0.15) is 19.3 Å². The molecule has 0 radical (unpaired) electrons. The second-order valence-corrected chi connectivity index (χ2v) is 6.96. The van der Waals surface area contributed by atoms with Crippen LogP contribution >= 0.6 is 0 Å². The summed E-state index contributed by atoms with van der Waals surface area (Å²) >= 11 is 0. The van der Waals surface area contributed by atoms with Gasteiger partial charge in [-0.15, -0.1) is 0 Å². The zero-order valence-electron chi connectivity index (χ0n) is 14.3. The second-order valence-electron chi connectivity index (χ2n) is 6.96. The molecule has 1 aromatic carbocycles. The van der Waals surface area contributed by atoms with E-state index in [1.807, 2.05) is 12.1 Å². The summed E-state index contributed by atoms with van der Waals surface area (Å²) in [7, 11) is 3.38. The molecule has 0 bridgehead atoms. The molecule has 1 aromatic rings. The molecule has 1 heterocycles. The third-order valence-corrected chi connectivity index (χ3v) is 5.07. The van der Waals surface area contributed by atoms with Gasteiger partial charge in [-0.2, -0.15) is 0 Å². The van der Waals surface area contributed by atoms with Gasteiger partial charge in [0.15, 0.2) is 6.61 Å². The molecular weight excluding hydrogens is 306 g/mol. The van der Waals surface area contributed by atoms with Gasteiger partial charge in [0.2, 0.25) is 5.91 Å². The molecule has 2 aliphatic rings. The fraction of sp³-hybridized carbons (Fsp3) is 0.556. The first-order valence-corrected chi connectivity index (χ1v) is 8.45. The van der Waals surface area contributed by atoms with E-state index < -0.39 is 0 Å². The Hall–Kier alpha value is -2.08. The van der Waals surface area contributed by atoms with E-state index >= 15 is 0 Å². The van der Waals surface area contributed by atoms with Crippen LogP contribution in [0.3, 0.4) is 0 Å². The van der Waals surface area contributed by atoms with Crippen molar-refractivity contribution >= 4 is 17.5 Å². The van der Waals surface area contributed by atoms with Crippen LogP contribution < -0.4 is 15.4 Å². The molecule has 2 fully saturated rings. The summed E-state index contributed by atoms with van der Waals surface area (Å²) in [4.78, 5) is 25.5. The van der Waals surface area contributed by atoms with Crippen LogP contribution in [0.25, 0.3) is 0 Å². The lowest BCUT2D eigenvalue weighted by Crippen LogP contribution is -2.31. The summed E-state index contributed by atoms with van der Waals surface area (Å²) in [6, 6.07) is 7.20. The van der Waals surface area contributed by atoms with Crippen molar-refractivity contribution in [2.24, 2.45) is 11.3 Å². The van der Waals surface area contributed by atoms with Crippen LogP contribution in [0, 0.1) is 11.3 Å². The van der Waals surface area contributed by atoms with Crippen LogP contribution in [-0.2, 0) is 9.59 Å². The van der Waals surface area contributed by atoms with Crippen molar-refractivity contribution in [3.63, 3.8) is 0 Å². The number of hydrogen-bond donors (Lipinski definition) is 2. The SMILES string of the molecule is CN(C)C(=O)COc1cccc(NC(=O)C2CC23CCNCC3)c1. The van der Waals surface area contributed by atoms with Gasteiger partial charge in [-0.3, -0.25) is 9.59 Å². The van der Waals surface area contributed by atoms with E-state index in [2.05, 4.69) is 10.6 Å². The maximum atomic E-state index is 12.5. The predicted octanol–water partition coefficient (Wildman–Crippen LogP) is 1.48. The van der Waals surface area contributed by atoms with Crippen LogP contribution in [0.5, 0.6) is 5.75 Å². The Morgan fingerprint density at radius 3 is 2.79 bits per heavy atom. The summed E-state index contributed by atoms with van der Waals surface area (Å²) in [5.41, 5.74) is 0.937. The Labute approximate surface area is 142 Å². The number of rotatable bonds is 5. The molecule has 1 atom stereocenters. The molecule has 24 heavy (non-hydrogen) atoms. The third kappa shape index (κ3) is 3.70. The molecule has 130 valence electrons. The maximum Gasteiger partial charge on any atom is 0.259 e. The lowest BCUT2D eigenvalue weighted by atomic mass is 9.92. The number of carbonyl (C=O) groups excluding carboxylic acids is 2. The first-order valence-electron chi connectivity index (χ1n) is 8.45. The first-order chi connectivity index (χ1) is 11.5. The van der Waals surface area contributed by atoms with Crippen LogP contribution in [0.15, 0.2) is 24.3 Å². The zero-order valence-corrected chi connectivity index (χ0v) is 14.3. The minimum Gasteiger partial charge on any atom is -0.484 e. The van der Waals surface area contributed by atoms with E-state index in [4.69, 9.17) is 4.74 Å². The van der Waals surface area contributed by atoms with Gasteiger partial charge in [-0.05, 0) is 49.9 Å². The highest BCUT2D eigenvalue weighted by molar-refractivity contribution is 5.95. The summed E-state index contributed by atoms with van der Waals surface area (Å²) in [5, 5.41) is 6.34. The Balaban J connectivity index is 1.55. The molecule has 1 unspecified atom stereocenters. The van der Waals surface area contributed by atoms with Gasteiger partial charge in [0, 0.05) is 31.8 Å². The third-order valence-electron chi connectivity index (χ3n) is 5.07. The lowest BCUT2D eigenvalue weighted by molar-refractivity contribution is -0.130. The quantitative estimate of drug-likeness (QED) is 0.857. The van der Waals surface area contributed by atoms with Crippen molar-refractivity contribution in [1.82, 2.24) is 10.2 Å². The maximum absolute atomic E-state index is 12.5. The van der Waals surface area contributed by atoms with Crippen LogP contribution in [0.4, 0.5) is 5.69 Å². The lowest BCUT2D eigenvalue weighted by Gasteiger charge is -2.23. The molecule has 1 saturated carbocycles. The molecule has 3 rings (SSSR count). The summed E-state index contributed by atoms with van der Waals surface area (Å²) in [5.74, 6) is 0.698. The minimum atomic E-state index is -0.102. The molecular formula is C18H25N3O3. The van der Waals surface area contributed by atoms with E-state index in [-0.39, 0.29) is 29.8 Å². The Morgan fingerprint density at radius 2 is 2.08 bits per heavy atom. The molecule has 1 aliphatic heterocycles. The summed E-state index contributed by atoms with van der Waals surface area (Å²) in [6.45, 7) is 2.00. The van der Waals surface area contributed by atoms with Crippen molar-refractivity contribution in [2.75, 3.05) is 39.1 Å². The minimum absolute atomic E-state index is 0.0108. The smallest absolute Gasteiger partial charge is 0.259 e. The van der Waals surface area contributed by atoms with Crippen molar-refractivity contribution in [2.45, 2.75) is 19.3 Å². The van der Waals surface area contributed by atoms with E-state index in [1.54, 1.807) is 26.2 Å². The average Bonchev–Trinajstić information content (AvgIpc) is 3.26. The van der Waals surface area contributed by atoms with E-state index in [0.717, 1.165) is 32.4 Å². The van der Waals surface area contributed by atoms with E-state index in [1.165, 1.54) is 4.90 Å². The molecule has 1 saturated heterocycles. The van der Waals surface area contributed by atoms with Crippen molar-refractivity contribution in [1.29, 1.82) is 0 Å². The number of amides is 2. The number of anilines is 1. The predicted molar refractivity (Wildman–Crippen MR) is 91.9 cm³/mol. The number of nitrogens with one attached hydrogen (secondary N) is 2. The number of ether oxygens (including phenoxy) is 1. The molecule has 6 heteroatoms. The van der Waals surface area contributed by atoms with Gasteiger partial charge in [0.05, 0.1) is 0 Å². The number of likely N-dealkylation sites (N-methyl/N-ethyl adjacent to an activating group) is 1. The van der Waals surface area contributed by atoms with Gasteiger partial charge in [0.1, 0.15) is 5.75 Å². The van der Waals surface area contributed by atoms with Gasteiger partial charge < -0.3 is 20.3 Å². The molecule has 1 aliphatic carbocycles. The summed E-state index contributed by atoms with van der Waals surface area (Å²) < 4.78 is 5.49. The fourth-order valence-electron chi connectivity index (χ4n) is 3.36. The number of nitrogens with zero attached hydrogens (tertiary/aromatic N) is 1. The first kappa shape index (κ1) is 16.8. The molecule has 2 N–H and O–H groups in total. The highest BCUT2D eigenvalue weighted by atomic mass is 16.5. The zero-order chi connectivity index (χ0) is 17.2. The van der Waals surface area contributed by atoms with Gasteiger partial charge in [0.25, 0.3) is 5.91 Å². The van der Waals surface area contributed by atoms with Gasteiger partial charge >= 0.3 is 0 Å². The Bertz CT molecular complexity index is 624. The number of carbonyl (C=O) groups is 2. The fourth-order valence-corrected chi connectivity index (χ4v) is 3.36. The Morgan fingerprint density at radius 1 is 1.33 bits per heavy atom. The van der Waals surface area contributed by atoms with Gasteiger partial charge in [-0.1, -0.05) is 6.07 Å². The van der Waals surface area contributed by atoms with E-state index in [0.29, 0.717) is 11.4 Å². The number of benzene rings is 1. The highest BCUT2D eigenvalue weighted by Crippen LogP contribution is 2.58. The normalized spacial score (nSPS) is 21.2. The van der Waals surface area contributed by atoms with Crippen LogP contribution in [0.2, 0.25) is 0 Å².